The molecule has 4 nitrogen and oxygen atoms in total. The average molecular weight is 333 g/mol. The minimum absolute atomic E-state index is 0.0354. The van der Waals surface area contributed by atoms with Crippen molar-refractivity contribution in [3.63, 3.8) is 0 Å². The molecule has 0 aromatic heterocycles. The van der Waals surface area contributed by atoms with Gasteiger partial charge < -0.3 is 14.8 Å². The van der Waals surface area contributed by atoms with Gasteiger partial charge in [-0.05, 0) is 61.8 Å². The first kappa shape index (κ1) is 18.8. The minimum atomic E-state index is -0.696. The monoisotopic (exact) mass is 333 g/mol. The summed E-state index contributed by atoms with van der Waals surface area (Å²) in [5.41, 5.74) is 1.12. The Morgan fingerprint density at radius 1 is 1.42 bits per heavy atom. The maximum atomic E-state index is 12.8. The highest BCUT2D eigenvalue weighted by atomic mass is 16.5. The molecule has 4 heteroatoms. The molecular weight excluding hydrogens is 302 g/mol. The summed E-state index contributed by atoms with van der Waals surface area (Å²) >= 11 is 0. The van der Waals surface area contributed by atoms with Gasteiger partial charge in [0.2, 0.25) is 0 Å². The summed E-state index contributed by atoms with van der Waals surface area (Å²) in [6.45, 7) is 9.13. The van der Waals surface area contributed by atoms with Crippen molar-refractivity contribution >= 4 is 11.6 Å². The zero-order chi connectivity index (χ0) is 17.7. The van der Waals surface area contributed by atoms with Crippen LogP contribution in [0.1, 0.15) is 52.0 Å². The number of amides is 1. The van der Waals surface area contributed by atoms with Crippen LogP contribution in [0.2, 0.25) is 0 Å². The van der Waals surface area contributed by atoms with Gasteiger partial charge in [-0.15, -0.1) is 0 Å². The Bertz CT molecular complexity index is 570. The van der Waals surface area contributed by atoms with Crippen LogP contribution in [0.25, 0.3) is 0 Å². The largest absolute Gasteiger partial charge is 0.493 e. The fourth-order valence-electron chi connectivity index (χ4n) is 3.38. The SMILES string of the molecule is CO[C@]1(C(=O)Nc2ccc(OCC(C)C)c(C)c2)CCC[C@@H](C)C1. The van der Waals surface area contributed by atoms with E-state index in [4.69, 9.17) is 9.47 Å². The summed E-state index contributed by atoms with van der Waals surface area (Å²) in [5.74, 6) is 1.83. The molecule has 0 spiro atoms. The van der Waals surface area contributed by atoms with Crippen LogP contribution in [0, 0.1) is 18.8 Å². The normalized spacial score (nSPS) is 24.0. The molecule has 1 aromatic carbocycles. The summed E-state index contributed by atoms with van der Waals surface area (Å²) in [6.07, 6.45) is 3.76. The van der Waals surface area contributed by atoms with E-state index in [2.05, 4.69) is 26.1 Å². The molecule has 0 heterocycles. The van der Waals surface area contributed by atoms with Gasteiger partial charge in [-0.3, -0.25) is 4.79 Å². The van der Waals surface area contributed by atoms with Gasteiger partial charge in [-0.25, -0.2) is 0 Å². The highest BCUT2D eigenvalue weighted by molar-refractivity contribution is 5.97. The van der Waals surface area contributed by atoms with E-state index < -0.39 is 5.60 Å². The van der Waals surface area contributed by atoms with E-state index in [-0.39, 0.29) is 5.91 Å². The van der Waals surface area contributed by atoms with E-state index in [1.807, 2.05) is 25.1 Å². The van der Waals surface area contributed by atoms with Crippen LogP contribution in [0.15, 0.2) is 18.2 Å². The fraction of sp³-hybridized carbons (Fsp3) is 0.650. The van der Waals surface area contributed by atoms with E-state index >= 15 is 0 Å². The third-order valence-electron chi connectivity index (χ3n) is 4.77. The van der Waals surface area contributed by atoms with Crippen molar-refractivity contribution in [3.8, 4) is 5.75 Å². The van der Waals surface area contributed by atoms with Gasteiger partial charge in [0.25, 0.3) is 5.91 Å². The van der Waals surface area contributed by atoms with Crippen molar-refractivity contribution in [2.45, 2.75) is 59.0 Å². The third-order valence-corrected chi connectivity index (χ3v) is 4.77. The number of hydrogen-bond acceptors (Lipinski definition) is 3. The lowest BCUT2D eigenvalue weighted by Gasteiger charge is -2.37. The van der Waals surface area contributed by atoms with Crippen molar-refractivity contribution in [3.05, 3.63) is 23.8 Å². The van der Waals surface area contributed by atoms with Crippen LogP contribution >= 0.6 is 0 Å². The molecule has 0 aliphatic heterocycles. The summed E-state index contributed by atoms with van der Waals surface area (Å²) in [7, 11) is 1.64. The van der Waals surface area contributed by atoms with Crippen LogP contribution in [-0.2, 0) is 9.53 Å². The average Bonchev–Trinajstić information content (AvgIpc) is 2.53. The Morgan fingerprint density at radius 2 is 2.17 bits per heavy atom. The molecule has 134 valence electrons. The lowest BCUT2D eigenvalue weighted by molar-refractivity contribution is -0.143. The molecule has 0 saturated heterocycles. The number of methoxy groups -OCH3 is 1. The molecule has 2 atom stereocenters. The third kappa shape index (κ3) is 4.50. The molecule has 1 saturated carbocycles. The summed E-state index contributed by atoms with van der Waals surface area (Å²) < 4.78 is 11.5. The van der Waals surface area contributed by atoms with Crippen LogP contribution in [-0.4, -0.2) is 25.2 Å². The van der Waals surface area contributed by atoms with E-state index in [1.54, 1.807) is 7.11 Å². The molecule has 1 amide bonds. The number of nitrogens with one attached hydrogen (secondary N) is 1. The number of anilines is 1. The quantitative estimate of drug-likeness (QED) is 0.830. The van der Waals surface area contributed by atoms with Crippen LogP contribution < -0.4 is 10.1 Å². The summed E-state index contributed by atoms with van der Waals surface area (Å²) in [6, 6.07) is 5.79. The second-order valence-electron chi connectivity index (χ2n) is 7.54. The first-order valence-corrected chi connectivity index (χ1v) is 8.96. The molecular formula is C20H31NO3. The van der Waals surface area contributed by atoms with Crippen molar-refractivity contribution in [2.24, 2.45) is 11.8 Å². The van der Waals surface area contributed by atoms with Gasteiger partial charge >= 0.3 is 0 Å². The lowest BCUT2D eigenvalue weighted by atomic mass is 9.78. The fourth-order valence-corrected chi connectivity index (χ4v) is 3.38. The zero-order valence-corrected chi connectivity index (χ0v) is 15.6. The predicted molar refractivity (Wildman–Crippen MR) is 97.5 cm³/mol. The Hall–Kier alpha value is -1.55. The van der Waals surface area contributed by atoms with E-state index in [9.17, 15) is 4.79 Å². The number of carbonyl (C=O) groups excluding carboxylic acids is 1. The highest BCUT2D eigenvalue weighted by Gasteiger charge is 2.42. The van der Waals surface area contributed by atoms with Gasteiger partial charge in [0, 0.05) is 12.8 Å². The van der Waals surface area contributed by atoms with E-state index in [0.717, 1.165) is 36.3 Å². The number of carbonyl (C=O) groups is 1. The van der Waals surface area contributed by atoms with Crippen molar-refractivity contribution in [1.82, 2.24) is 0 Å². The number of benzene rings is 1. The summed E-state index contributed by atoms with van der Waals surface area (Å²) in [4.78, 5) is 12.8. The Labute approximate surface area is 145 Å². The van der Waals surface area contributed by atoms with Crippen LogP contribution in [0.5, 0.6) is 5.75 Å². The van der Waals surface area contributed by atoms with E-state index in [0.29, 0.717) is 18.4 Å². The molecule has 24 heavy (non-hydrogen) atoms. The second kappa shape index (κ2) is 8.02. The molecule has 2 rings (SSSR count). The molecule has 1 aliphatic carbocycles. The van der Waals surface area contributed by atoms with Gasteiger partial charge in [0.1, 0.15) is 11.4 Å². The standard InChI is InChI=1S/C20H31NO3/c1-14(2)13-24-18-9-8-17(11-16(18)4)21-19(22)20(23-5)10-6-7-15(3)12-20/h8-9,11,14-15H,6-7,10,12-13H2,1-5H3,(H,21,22)/t15-,20-/m1/s1. The zero-order valence-electron chi connectivity index (χ0n) is 15.6. The molecule has 1 fully saturated rings. The van der Waals surface area contributed by atoms with Gasteiger partial charge in [0.05, 0.1) is 6.61 Å². The first-order chi connectivity index (χ1) is 11.4. The van der Waals surface area contributed by atoms with E-state index in [1.165, 1.54) is 6.42 Å². The Balaban J connectivity index is 2.07. The number of aryl methyl sites for hydroxylation is 1. The molecule has 1 aliphatic rings. The van der Waals surface area contributed by atoms with Crippen molar-refractivity contribution in [2.75, 3.05) is 19.0 Å². The molecule has 0 radical (unpaired) electrons. The maximum absolute atomic E-state index is 12.8. The minimum Gasteiger partial charge on any atom is -0.493 e. The topological polar surface area (TPSA) is 47.6 Å². The summed E-state index contributed by atoms with van der Waals surface area (Å²) in [5, 5.41) is 3.04. The van der Waals surface area contributed by atoms with Crippen LogP contribution in [0.3, 0.4) is 0 Å². The lowest BCUT2D eigenvalue weighted by Crippen LogP contribution is -2.47. The maximum Gasteiger partial charge on any atom is 0.256 e. The molecule has 1 aromatic rings. The molecule has 0 bridgehead atoms. The Kier molecular flexibility index (Phi) is 6.27. The van der Waals surface area contributed by atoms with Crippen molar-refractivity contribution < 1.29 is 14.3 Å². The highest BCUT2D eigenvalue weighted by Crippen LogP contribution is 2.36. The smallest absolute Gasteiger partial charge is 0.256 e. The first-order valence-electron chi connectivity index (χ1n) is 8.96. The number of hydrogen-bond donors (Lipinski definition) is 1. The second-order valence-corrected chi connectivity index (χ2v) is 7.54. The number of ether oxygens (including phenoxy) is 2. The predicted octanol–water partition coefficient (Wildman–Crippen LogP) is 4.56. The van der Waals surface area contributed by atoms with Gasteiger partial charge in [0.15, 0.2) is 0 Å². The Morgan fingerprint density at radius 3 is 2.75 bits per heavy atom. The molecule has 1 N–H and O–H groups in total. The number of rotatable bonds is 6. The van der Waals surface area contributed by atoms with Crippen LogP contribution in [0.4, 0.5) is 5.69 Å². The molecule has 0 unspecified atom stereocenters. The van der Waals surface area contributed by atoms with Gasteiger partial charge in [-0.2, -0.15) is 0 Å². The van der Waals surface area contributed by atoms with Gasteiger partial charge in [-0.1, -0.05) is 27.2 Å². The van der Waals surface area contributed by atoms with Crippen molar-refractivity contribution in [1.29, 1.82) is 0 Å².